The standard InChI is InChI=1S/C6H12ClO/c7-5-3-1-2-4-6-8/h1-6H2/q-1. The molecule has 0 fully saturated rings. The summed E-state index contributed by atoms with van der Waals surface area (Å²) in [6, 6.07) is 0. The summed E-state index contributed by atoms with van der Waals surface area (Å²) in [7, 11) is 0. The summed E-state index contributed by atoms with van der Waals surface area (Å²) >= 11 is 5.40. The van der Waals surface area contributed by atoms with E-state index in [9.17, 15) is 5.11 Å². The first-order valence-electron chi connectivity index (χ1n) is 3.06. The minimum Gasteiger partial charge on any atom is -0.854 e. The number of hydrogen-bond acceptors (Lipinski definition) is 1. The summed E-state index contributed by atoms with van der Waals surface area (Å²) in [5, 5.41) is 9.86. The maximum absolute atomic E-state index is 9.86. The van der Waals surface area contributed by atoms with E-state index >= 15 is 0 Å². The molecule has 0 aliphatic heterocycles. The third-order valence-electron chi connectivity index (χ3n) is 1.03. The summed E-state index contributed by atoms with van der Waals surface area (Å²) in [6.07, 6.45) is 4.04. The van der Waals surface area contributed by atoms with E-state index in [1.807, 2.05) is 0 Å². The van der Waals surface area contributed by atoms with Crippen molar-refractivity contribution in [1.29, 1.82) is 0 Å². The second-order valence-corrected chi connectivity index (χ2v) is 2.19. The molecular weight excluding hydrogens is 124 g/mol. The molecule has 8 heavy (non-hydrogen) atoms. The van der Waals surface area contributed by atoms with Crippen molar-refractivity contribution < 1.29 is 5.11 Å². The molecule has 0 radical (unpaired) electrons. The number of rotatable bonds is 5. The maximum atomic E-state index is 9.86. The fourth-order valence-electron chi connectivity index (χ4n) is 0.550. The zero-order chi connectivity index (χ0) is 6.24. The second-order valence-electron chi connectivity index (χ2n) is 1.81. The Bertz CT molecular complexity index is 33.5. The lowest BCUT2D eigenvalue weighted by molar-refractivity contribution is -0.368. The Morgan fingerprint density at radius 2 is 1.62 bits per heavy atom. The normalized spacial score (nSPS) is 9.75. The van der Waals surface area contributed by atoms with Crippen molar-refractivity contribution in [3.63, 3.8) is 0 Å². The van der Waals surface area contributed by atoms with Crippen LogP contribution in [0.2, 0.25) is 0 Å². The van der Waals surface area contributed by atoms with Gasteiger partial charge in [0.1, 0.15) is 0 Å². The summed E-state index contributed by atoms with van der Waals surface area (Å²) in [6.45, 7) is 0.0717. The van der Waals surface area contributed by atoms with E-state index in [0.717, 1.165) is 31.6 Å². The highest BCUT2D eigenvalue weighted by Crippen LogP contribution is 1.98. The van der Waals surface area contributed by atoms with Gasteiger partial charge in [-0.2, -0.15) is 0 Å². The fraction of sp³-hybridized carbons (Fsp3) is 1.00. The SMILES string of the molecule is [O-]CCCCCCCl. The van der Waals surface area contributed by atoms with Gasteiger partial charge in [0.15, 0.2) is 0 Å². The molecule has 0 amide bonds. The predicted molar refractivity (Wildman–Crippen MR) is 34.1 cm³/mol. The molecule has 0 aromatic heterocycles. The van der Waals surface area contributed by atoms with Crippen LogP contribution in [-0.2, 0) is 0 Å². The van der Waals surface area contributed by atoms with Gasteiger partial charge >= 0.3 is 0 Å². The Morgan fingerprint density at radius 1 is 1.00 bits per heavy atom. The lowest BCUT2D eigenvalue weighted by Crippen LogP contribution is -2.04. The molecule has 0 saturated carbocycles. The smallest absolute Gasteiger partial charge is 0.0223 e. The lowest BCUT2D eigenvalue weighted by Gasteiger charge is -2.00. The van der Waals surface area contributed by atoms with E-state index in [2.05, 4.69) is 0 Å². The second kappa shape index (κ2) is 7.25. The Kier molecular flexibility index (Phi) is 7.48. The Balaban J connectivity index is 2.53. The zero-order valence-electron chi connectivity index (χ0n) is 5.03. The van der Waals surface area contributed by atoms with E-state index in [1.54, 1.807) is 0 Å². The third-order valence-corrected chi connectivity index (χ3v) is 1.30. The lowest BCUT2D eigenvalue weighted by atomic mass is 10.2. The molecule has 0 atom stereocenters. The number of halogens is 1. The van der Waals surface area contributed by atoms with Crippen LogP contribution >= 0.6 is 11.6 Å². The molecular formula is C6H12ClO-. The van der Waals surface area contributed by atoms with Crippen LogP contribution in [0, 0.1) is 0 Å². The summed E-state index contributed by atoms with van der Waals surface area (Å²) in [4.78, 5) is 0. The molecule has 0 aliphatic rings. The first-order valence-corrected chi connectivity index (χ1v) is 3.59. The summed E-state index contributed by atoms with van der Waals surface area (Å²) in [5.74, 6) is 0.735. The molecule has 50 valence electrons. The van der Waals surface area contributed by atoms with Crippen molar-refractivity contribution in [1.82, 2.24) is 0 Å². The van der Waals surface area contributed by atoms with E-state index < -0.39 is 0 Å². The van der Waals surface area contributed by atoms with Gasteiger partial charge in [-0.05, 0) is 6.42 Å². The molecule has 0 N–H and O–H groups in total. The Morgan fingerprint density at radius 3 is 2.12 bits per heavy atom. The average molecular weight is 136 g/mol. The van der Waals surface area contributed by atoms with Gasteiger partial charge < -0.3 is 5.11 Å². The van der Waals surface area contributed by atoms with Crippen LogP contribution in [0.15, 0.2) is 0 Å². The predicted octanol–water partition coefficient (Wildman–Crippen LogP) is 1.15. The fourth-order valence-corrected chi connectivity index (χ4v) is 0.739. The molecule has 0 saturated heterocycles. The number of alkyl halides is 1. The monoisotopic (exact) mass is 135 g/mol. The van der Waals surface area contributed by atoms with Gasteiger partial charge in [0.25, 0.3) is 0 Å². The van der Waals surface area contributed by atoms with E-state index in [1.165, 1.54) is 0 Å². The van der Waals surface area contributed by atoms with Crippen molar-refractivity contribution in [2.24, 2.45) is 0 Å². The van der Waals surface area contributed by atoms with Crippen molar-refractivity contribution in [3.05, 3.63) is 0 Å². The highest BCUT2D eigenvalue weighted by atomic mass is 35.5. The van der Waals surface area contributed by atoms with Crippen LogP contribution in [0.3, 0.4) is 0 Å². The minimum absolute atomic E-state index is 0.0717. The molecule has 0 spiro atoms. The molecule has 0 heterocycles. The Labute approximate surface area is 55.7 Å². The molecule has 1 nitrogen and oxygen atoms in total. The van der Waals surface area contributed by atoms with E-state index in [4.69, 9.17) is 11.6 Å². The topological polar surface area (TPSA) is 23.1 Å². The molecule has 2 heteroatoms. The van der Waals surface area contributed by atoms with Gasteiger partial charge in [-0.3, -0.25) is 0 Å². The first kappa shape index (κ1) is 8.25. The highest BCUT2D eigenvalue weighted by molar-refractivity contribution is 6.17. The first-order chi connectivity index (χ1) is 3.91. The van der Waals surface area contributed by atoms with E-state index in [0.29, 0.717) is 0 Å². The van der Waals surface area contributed by atoms with Gasteiger partial charge in [0.2, 0.25) is 0 Å². The summed E-state index contributed by atoms with van der Waals surface area (Å²) in [5.41, 5.74) is 0. The van der Waals surface area contributed by atoms with Crippen LogP contribution < -0.4 is 5.11 Å². The van der Waals surface area contributed by atoms with Gasteiger partial charge in [-0.25, -0.2) is 0 Å². The van der Waals surface area contributed by atoms with Crippen LogP contribution in [0.1, 0.15) is 25.7 Å². The molecule has 0 rings (SSSR count). The van der Waals surface area contributed by atoms with Crippen molar-refractivity contribution >= 4 is 11.6 Å². The molecule has 0 aliphatic carbocycles. The van der Waals surface area contributed by atoms with Gasteiger partial charge in [0, 0.05) is 5.88 Å². The minimum atomic E-state index is 0.0717. The van der Waals surface area contributed by atoms with Gasteiger partial charge in [-0.15, -0.1) is 18.2 Å². The Hall–Kier alpha value is 0.250. The van der Waals surface area contributed by atoms with Crippen molar-refractivity contribution in [2.45, 2.75) is 25.7 Å². The van der Waals surface area contributed by atoms with Crippen LogP contribution in [0.5, 0.6) is 0 Å². The highest BCUT2D eigenvalue weighted by Gasteiger charge is 1.82. The zero-order valence-corrected chi connectivity index (χ0v) is 5.78. The summed E-state index contributed by atoms with van der Waals surface area (Å²) < 4.78 is 0. The largest absolute Gasteiger partial charge is 0.854 e. The molecule has 0 aromatic carbocycles. The van der Waals surface area contributed by atoms with Gasteiger partial charge in [0.05, 0.1) is 0 Å². The van der Waals surface area contributed by atoms with Crippen LogP contribution in [-0.4, -0.2) is 12.5 Å². The van der Waals surface area contributed by atoms with E-state index in [-0.39, 0.29) is 6.61 Å². The van der Waals surface area contributed by atoms with Crippen LogP contribution in [0.25, 0.3) is 0 Å². The van der Waals surface area contributed by atoms with Crippen molar-refractivity contribution in [2.75, 3.05) is 12.5 Å². The number of unbranched alkanes of at least 4 members (excludes halogenated alkanes) is 3. The average Bonchev–Trinajstić information content (AvgIpc) is 1.81. The molecule has 0 aromatic rings. The quantitative estimate of drug-likeness (QED) is 0.410. The van der Waals surface area contributed by atoms with Gasteiger partial charge in [-0.1, -0.05) is 19.3 Å². The molecule has 0 bridgehead atoms. The number of hydrogen-bond donors (Lipinski definition) is 0. The maximum Gasteiger partial charge on any atom is 0.0223 e. The third kappa shape index (κ3) is 6.25. The molecule has 0 unspecified atom stereocenters. The van der Waals surface area contributed by atoms with Crippen molar-refractivity contribution in [3.8, 4) is 0 Å². The van der Waals surface area contributed by atoms with Crippen LogP contribution in [0.4, 0.5) is 0 Å².